The van der Waals surface area contributed by atoms with Crippen molar-refractivity contribution in [3.8, 4) is 0 Å². The fraction of sp³-hybridized carbons (Fsp3) is 0.353. The Morgan fingerprint density at radius 1 is 0.723 bits per heavy atom. The lowest BCUT2D eigenvalue weighted by atomic mass is 10.0. The zero-order valence-corrected chi connectivity index (χ0v) is 26.1. The maximum absolute atomic E-state index is 13.4. The predicted molar refractivity (Wildman–Crippen MR) is 174 cm³/mol. The van der Waals surface area contributed by atoms with E-state index in [4.69, 9.17) is 5.73 Å². The molecule has 0 heterocycles. The summed E-state index contributed by atoms with van der Waals surface area (Å²) in [6, 6.07) is 16.4. The summed E-state index contributed by atoms with van der Waals surface area (Å²) >= 11 is 0. The third kappa shape index (κ3) is 13.0. The van der Waals surface area contributed by atoms with Gasteiger partial charge in [-0.2, -0.15) is 0 Å². The van der Waals surface area contributed by atoms with Crippen molar-refractivity contribution in [3.63, 3.8) is 0 Å². The van der Waals surface area contributed by atoms with Gasteiger partial charge in [-0.15, -0.1) is 0 Å². The lowest BCUT2D eigenvalue weighted by Gasteiger charge is -2.20. The molecule has 250 valence electrons. The number of nitrogens with one attached hydrogen (secondary N) is 5. The summed E-state index contributed by atoms with van der Waals surface area (Å²) in [5.41, 5.74) is 6.73. The van der Waals surface area contributed by atoms with E-state index < -0.39 is 54.0 Å². The van der Waals surface area contributed by atoms with Crippen LogP contribution in [0.2, 0.25) is 0 Å². The maximum Gasteiger partial charge on any atom is 0.243 e. The normalized spacial score (nSPS) is 12.0. The molecule has 3 aromatic carbocycles. The number of rotatable bonds is 19. The van der Waals surface area contributed by atoms with Gasteiger partial charge in [0, 0.05) is 19.4 Å². The SMILES string of the molecule is NCCCCNC(=O)CNC(=O)[C@@H](Cc1ccc(F)cc1)NC(=O)CNC(=O)[C@H](CCC=O)NC(=O)Cc1ccc2ccccc2c1. The fourth-order valence-electron chi connectivity index (χ4n) is 4.73. The van der Waals surface area contributed by atoms with Gasteiger partial charge in [-0.1, -0.05) is 54.6 Å². The molecule has 0 bridgehead atoms. The van der Waals surface area contributed by atoms with Crippen LogP contribution < -0.4 is 32.3 Å². The molecule has 3 aromatic rings. The van der Waals surface area contributed by atoms with Gasteiger partial charge in [-0.3, -0.25) is 24.0 Å². The minimum Gasteiger partial charge on any atom is -0.355 e. The summed E-state index contributed by atoms with van der Waals surface area (Å²) in [5, 5.41) is 14.8. The van der Waals surface area contributed by atoms with Gasteiger partial charge in [-0.05, 0) is 59.8 Å². The summed E-state index contributed by atoms with van der Waals surface area (Å²) < 4.78 is 13.4. The average molecular weight is 649 g/mol. The van der Waals surface area contributed by atoms with Gasteiger partial charge in [0.15, 0.2) is 0 Å². The van der Waals surface area contributed by atoms with Gasteiger partial charge in [0.2, 0.25) is 29.5 Å². The van der Waals surface area contributed by atoms with Crippen LogP contribution >= 0.6 is 0 Å². The summed E-state index contributed by atoms with van der Waals surface area (Å²) in [5.74, 6) is -3.38. The molecule has 7 N–H and O–H groups in total. The van der Waals surface area contributed by atoms with Crippen molar-refractivity contribution in [2.75, 3.05) is 26.2 Å². The average Bonchev–Trinajstić information content (AvgIpc) is 3.07. The van der Waals surface area contributed by atoms with Crippen LogP contribution in [0.3, 0.4) is 0 Å². The van der Waals surface area contributed by atoms with Crippen LogP contribution in [-0.2, 0) is 41.6 Å². The van der Waals surface area contributed by atoms with Crippen molar-refractivity contribution < 1.29 is 33.2 Å². The first kappa shape index (κ1) is 36.3. The van der Waals surface area contributed by atoms with Gasteiger partial charge < -0.3 is 37.1 Å². The number of hydrogen-bond acceptors (Lipinski definition) is 7. The molecule has 0 aromatic heterocycles. The first-order valence-electron chi connectivity index (χ1n) is 15.4. The van der Waals surface area contributed by atoms with Gasteiger partial charge in [-0.25, -0.2) is 4.39 Å². The fourth-order valence-corrected chi connectivity index (χ4v) is 4.73. The maximum atomic E-state index is 13.4. The molecular formula is C34H41FN6O6. The molecule has 2 atom stereocenters. The molecule has 0 saturated carbocycles. The predicted octanol–water partition coefficient (Wildman–Crippen LogP) is 0.800. The smallest absolute Gasteiger partial charge is 0.243 e. The molecule has 0 aliphatic carbocycles. The van der Waals surface area contributed by atoms with E-state index in [0.717, 1.165) is 22.8 Å². The Morgan fingerprint density at radius 3 is 2.06 bits per heavy atom. The second-order valence-electron chi connectivity index (χ2n) is 11.0. The molecule has 5 amide bonds. The first-order chi connectivity index (χ1) is 22.7. The van der Waals surface area contributed by atoms with E-state index in [1.807, 2.05) is 42.5 Å². The van der Waals surface area contributed by atoms with E-state index in [1.54, 1.807) is 0 Å². The number of unbranched alkanes of at least 4 members (excludes halogenated alkanes) is 1. The highest BCUT2D eigenvalue weighted by Gasteiger charge is 2.24. The third-order valence-corrected chi connectivity index (χ3v) is 7.21. The Hall–Kier alpha value is -5.17. The second kappa shape index (κ2) is 19.4. The molecule has 0 radical (unpaired) electrons. The molecule has 0 aliphatic rings. The van der Waals surface area contributed by atoms with Crippen molar-refractivity contribution in [1.29, 1.82) is 0 Å². The Labute approximate surface area is 272 Å². The Morgan fingerprint density at radius 2 is 1.36 bits per heavy atom. The van der Waals surface area contributed by atoms with Crippen LogP contribution in [0.4, 0.5) is 4.39 Å². The highest BCUT2D eigenvalue weighted by molar-refractivity contribution is 5.94. The molecule has 13 heteroatoms. The summed E-state index contributed by atoms with van der Waals surface area (Å²) in [7, 11) is 0. The third-order valence-electron chi connectivity index (χ3n) is 7.21. The molecule has 47 heavy (non-hydrogen) atoms. The van der Waals surface area contributed by atoms with Crippen molar-refractivity contribution in [2.45, 2.75) is 50.6 Å². The highest BCUT2D eigenvalue weighted by atomic mass is 19.1. The molecule has 0 fully saturated rings. The zero-order chi connectivity index (χ0) is 34.0. The van der Waals surface area contributed by atoms with Gasteiger partial charge in [0.05, 0.1) is 19.5 Å². The molecule has 0 spiro atoms. The Kier molecular flexibility index (Phi) is 15.0. The van der Waals surface area contributed by atoms with Crippen molar-refractivity contribution in [3.05, 3.63) is 83.7 Å². The largest absolute Gasteiger partial charge is 0.355 e. The lowest BCUT2D eigenvalue weighted by Crippen LogP contribution is -2.53. The number of halogens is 1. The van der Waals surface area contributed by atoms with E-state index in [2.05, 4.69) is 26.6 Å². The van der Waals surface area contributed by atoms with Crippen LogP contribution in [0.25, 0.3) is 10.8 Å². The Balaban J connectivity index is 1.57. The number of carbonyl (C=O) groups excluding carboxylic acids is 6. The number of hydrogen-bond donors (Lipinski definition) is 6. The number of carbonyl (C=O) groups is 6. The van der Waals surface area contributed by atoms with E-state index in [-0.39, 0.29) is 32.2 Å². The summed E-state index contributed by atoms with van der Waals surface area (Å²) in [6.07, 6.45) is 2.06. The van der Waals surface area contributed by atoms with E-state index >= 15 is 0 Å². The van der Waals surface area contributed by atoms with Crippen molar-refractivity contribution >= 4 is 46.6 Å². The van der Waals surface area contributed by atoms with E-state index in [0.29, 0.717) is 31.4 Å². The second-order valence-corrected chi connectivity index (χ2v) is 11.0. The standard InChI is InChI=1S/C34H41FN6O6/c35-27-13-10-23(11-14-27)19-29(34(47)38-21-31(44)37-16-4-3-15-36)41-32(45)22-39-33(46)28(8-5-17-42)40-30(43)20-24-9-12-25-6-1-2-7-26(25)18-24/h1-2,6-7,9-14,17-18,28-29H,3-5,8,15-16,19-22,36H2,(H,37,44)(H,38,47)(H,39,46)(H,40,43)(H,41,45)/t28-,29+/m0/s1. The minimum absolute atomic E-state index is 0.00104. The molecule has 0 aliphatic heterocycles. The van der Waals surface area contributed by atoms with E-state index in [1.165, 1.54) is 24.3 Å². The number of amides is 5. The van der Waals surface area contributed by atoms with Crippen LogP contribution in [0.5, 0.6) is 0 Å². The van der Waals surface area contributed by atoms with Crippen LogP contribution in [0.15, 0.2) is 66.7 Å². The van der Waals surface area contributed by atoms with Crippen LogP contribution in [-0.4, -0.2) is 74.1 Å². The van der Waals surface area contributed by atoms with Crippen molar-refractivity contribution in [1.82, 2.24) is 26.6 Å². The van der Waals surface area contributed by atoms with Crippen LogP contribution in [0.1, 0.15) is 36.8 Å². The topological polar surface area (TPSA) is 189 Å². The zero-order valence-electron chi connectivity index (χ0n) is 26.1. The molecular weight excluding hydrogens is 607 g/mol. The Bertz CT molecular complexity index is 1530. The molecule has 12 nitrogen and oxygen atoms in total. The summed E-state index contributed by atoms with van der Waals surface area (Å²) in [4.78, 5) is 74.8. The van der Waals surface area contributed by atoms with Gasteiger partial charge in [0.1, 0.15) is 24.2 Å². The highest BCUT2D eigenvalue weighted by Crippen LogP contribution is 2.16. The molecule has 3 rings (SSSR count). The minimum atomic E-state index is -1.15. The first-order valence-corrected chi connectivity index (χ1v) is 15.4. The van der Waals surface area contributed by atoms with E-state index in [9.17, 15) is 33.2 Å². The lowest BCUT2D eigenvalue weighted by molar-refractivity contribution is -0.132. The summed E-state index contributed by atoms with van der Waals surface area (Å²) in [6.45, 7) is 0.0358. The quantitative estimate of drug-likeness (QED) is 0.0819. The molecule has 0 saturated heterocycles. The number of aldehydes is 1. The number of benzene rings is 3. The number of fused-ring (bicyclic) bond motifs is 1. The monoisotopic (exact) mass is 648 g/mol. The molecule has 0 unspecified atom stereocenters. The van der Waals surface area contributed by atoms with Crippen LogP contribution in [0, 0.1) is 5.82 Å². The van der Waals surface area contributed by atoms with Crippen molar-refractivity contribution in [2.24, 2.45) is 5.73 Å². The number of nitrogens with two attached hydrogens (primary N) is 1. The van der Waals surface area contributed by atoms with Gasteiger partial charge in [0.25, 0.3) is 0 Å². The van der Waals surface area contributed by atoms with Gasteiger partial charge >= 0.3 is 0 Å².